The van der Waals surface area contributed by atoms with Gasteiger partial charge >= 0.3 is 0 Å². The van der Waals surface area contributed by atoms with Crippen LogP contribution in [0.15, 0.2) is 24.5 Å². The van der Waals surface area contributed by atoms with Gasteiger partial charge in [0.25, 0.3) is 0 Å². The third kappa shape index (κ3) is 5.86. The molecule has 0 amide bonds. The second kappa shape index (κ2) is 8.21. The Bertz CT molecular complexity index is 172. The number of rotatable bonds is 2. The van der Waals surface area contributed by atoms with E-state index >= 15 is 0 Å². The Kier molecular flexibility index (Phi) is 7.60. The Morgan fingerprint density at radius 2 is 2.08 bits per heavy atom. The van der Waals surface area contributed by atoms with Crippen molar-refractivity contribution in [2.24, 2.45) is 0 Å². The number of aliphatic hydroxyl groups excluding tert-OH is 1. The predicted molar refractivity (Wildman–Crippen MR) is 51.0 cm³/mol. The molecule has 0 aromatic carbocycles. The van der Waals surface area contributed by atoms with Crippen LogP contribution in [0.2, 0.25) is 0 Å². The summed E-state index contributed by atoms with van der Waals surface area (Å²) in [5, 5.41) is 7.88. The van der Waals surface area contributed by atoms with Crippen LogP contribution in [0.1, 0.15) is 25.8 Å². The number of hydrogen-bond donors (Lipinski definition) is 1. The smallest absolute Gasteiger partial charge is 0.0428 e. The maximum absolute atomic E-state index is 7.88. The first kappa shape index (κ1) is 11.1. The van der Waals surface area contributed by atoms with Gasteiger partial charge < -0.3 is 5.11 Å². The molecule has 0 saturated carbocycles. The van der Waals surface area contributed by atoms with Crippen molar-refractivity contribution >= 4 is 0 Å². The fourth-order valence-electron chi connectivity index (χ4n) is 0.607. The van der Waals surface area contributed by atoms with Gasteiger partial charge in [-0.1, -0.05) is 19.9 Å². The molecule has 0 atom stereocenters. The van der Waals surface area contributed by atoms with Gasteiger partial charge in [0.05, 0.1) is 0 Å². The van der Waals surface area contributed by atoms with Crippen molar-refractivity contribution in [1.82, 2.24) is 4.98 Å². The van der Waals surface area contributed by atoms with Crippen molar-refractivity contribution in [3.05, 3.63) is 30.1 Å². The summed E-state index contributed by atoms with van der Waals surface area (Å²) in [5.74, 6) is 0. The molecule has 68 valence electrons. The van der Waals surface area contributed by atoms with Gasteiger partial charge in [-0.3, -0.25) is 4.98 Å². The summed E-state index contributed by atoms with van der Waals surface area (Å²) in [4.78, 5) is 3.96. The normalized spacial score (nSPS) is 8.58. The summed E-state index contributed by atoms with van der Waals surface area (Å²) >= 11 is 0. The van der Waals surface area contributed by atoms with Crippen LogP contribution in [0.3, 0.4) is 0 Å². The van der Waals surface area contributed by atoms with Crippen LogP contribution in [-0.2, 0) is 6.42 Å². The standard InChI is InChI=1S/C7H9N.C3H8O/c1-2-7-4-3-5-8-6-7;1-2-3-4/h3-6H,2H2,1H3;4H,2-3H2,1H3. The monoisotopic (exact) mass is 167 g/mol. The number of aryl methyl sites for hydroxylation is 1. The molecule has 0 aliphatic rings. The van der Waals surface area contributed by atoms with Crippen molar-refractivity contribution in [2.45, 2.75) is 26.7 Å². The first-order chi connectivity index (χ1) is 5.85. The average Bonchev–Trinajstić information content (AvgIpc) is 2.19. The number of aromatic nitrogens is 1. The quantitative estimate of drug-likeness (QED) is 0.731. The topological polar surface area (TPSA) is 33.1 Å². The van der Waals surface area contributed by atoms with E-state index in [2.05, 4.69) is 18.0 Å². The maximum Gasteiger partial charge on any atom is 0.0428 e. The van der Waals surface area contributed by atoms with E-state index in [0.29, 0.717) is 6.61 Å². The van der Waals surface area contributed by atoms with Crippen LogP contribution in [0, 0.1) is 0 Å². The van der Waals surface area contributed by atoms with E-state index in [-0.39, 0.29) is 0 Å². The van der Waals surface area contributed by atoms with Crippen LogP contribution in [0.5, 0.6) is 0 Å². The molecule has 0 saturated heterocycles. The molecule has 0 fully saturated rings. The van der Waals surface area contributed by atoms with E-state index in [1.165, 1.54) is 5.56 Å². The van der Waals surface area contributed by atoms with Gasteiger partial charge in [0.2, 0.25) is 0 Å². The molecule has 0 radical (unpaired) electrons. The Balaban J connectivity index is 0.000000261. The second-order valence-corrected chi connectivity index (χ2v) is 2.44. The second-order valence-electron chi connectivity index (χ2n) is 2.44. The van der Waals surface area contributed by atoms with Gasteiger partial charge in [-0.05, 0) is 24.5 Å². The minimum Gasteiger partial charge on any atom is -0.396 e. The number of hydrogen-bond acceptors (Lipinski definition) is 2. The highest BCUT2D eigenvalue weighted by molar-refractivity contribution is 5.07. The minimum atomic E-state index is 0.319. The SMILES string of the molecule is CCCO.CCc1cccnc1. The lowest BCUT2D eigenvalue weighted by molar-refractivity contribution is 0.295. The molecule has 0 aliphatic carbocycles. The molecular formula is C10H17NO. The summed E-state index contributed by atoms with van der Waals surface area (Å²) < 4.78 is 0. The number of nitrogens with zero attached hydrogens (tertiary/aromatic N) is 1. The van der Waals surface area contributed by atoms with Crippen molar-refractivity contribution in [3.63, 3.8) is 0 Å². The fraction of sp³-hybridized carbons (Fsp3) is 0.500. The molecule has 0 spiro atoms. The summed E-state index contributed by atoms with van der Waals surface area (Å²) in [5.41, 5.74) is 1.30. The lowest BCUT2D eigenvalue weighted by Crippen LogP contribution is -1.77. The molecule has 1 heterocycles. The predicted octanol–water partition coefficient (Wildman–Crippen LogP) is 2.03. The highest BCUT2D eigenvalue weighted by atomic mass is 16.2. The highest BCUT2D eigenvalue weighted by Gasteiger charge is 1.81. The van der Waals surface area contributed by atoms with Crippen molar-refractivity contribution < 1.29 is 5.11 Å². The minimum absolute atomic E-state index is 0.319. The van der Waals surface area contributed by atoms with E-state index in [4.69, 9.17) is 5.11 Å². The largest absolute Gasteiger partial charge is 0.396 e. The molecule has 2 heteroatoms. The van der Waals surface area contributed by atoms with E-state index in [0.717, 1.165) is 12.8 Å². The molecule has 1 rings (SSSR count). The summed E-state index contributed by atoms with van der Waals surface area (Å²) in [6, 6.07) is 4.03. The average molecular weight is 167 g/mol. The summed E-state index contributed by atoms with van der Waals surface area (Å²) in [6.07, 6.45) is 5.63. The van der Waals surface area contributed by atoms with Crippen molar-refractivity contribution in [1.29, 1.82) is 0 Å². The first-order valence-electron chi connectivity index (χ1n) is 4.34. The van der Waals surface area contributed by atoms with Crippen LogP contribution >= 0.6 is 0 Å². The van der Waals surface area contributed by atoms with Crippen LogP contribution in [-0.4, -0.2) is 16.7 Å². The van der Waals surface area contributed by atoms with Crippen LogP contribution in [0.4, 0.5) is 0 Å². The van der Waals surface area contributed by atoms with E-state index in [1.54, 1.807) is 6.20 Å². The third-order valence-corrected chi connectivity index (χ3v) is 1.35. The van der Waals surface area contributed by atoms with Crippen molar-refractivity contribution in [3.8, 4) is 0 Å². The third-order valence-electron chi connectivity index (χ3n) is 1.35. The molecule has 0 bridgehead atoms. The zero-order valence-corrected chi connectivity index (χ0v) is 7.83. The molecule has 2 nitrogen and oxygen atoms in total. The van der Waals surface area contributed by atoms with Gasteiger partial charge in [-0.2, -0.15) is 0 Å². The Morgan fingerprint density at radius 1 is 1.42 bits per heavy atom. The van der Waals surface area contributed by atoms with Crippen LogP contribution in [0.25, 0.3) is 0 Å². The zero-order chi connectivity index (χ0) is 9.23. The lowest BCUT2D eigenvalue weighted by Gasteiger charge is -1.88. The number of pyridine rings is 1. The molecule has 1 N–H and O–H groups in total. The molecule has 1 aromatic heterocycles. The van der Waals surface area contributed by atoms with Gasteiger partial charge in [0, 0.05) is 19.0 Å². The highest BCUT2D eigenvalue weighted by Crippen LogP contribution is 1.93. The summed E-state index contributed by atoms with van der Waals surface area (Å²) in [6.45, 7) is 4.37. The molecule has 0 unspecified atom stereocenters. The molecular weight excluding hydrogens is 150 g/mol. The van der Waals surface area contributed by atoms with E-state index in [1.807, 2.05) is 19.2 Å². The van der Waals surface area contributed by atoms with Gasteiger partial charge in [-0.25, -0.2) is 0 Å². The Hall–Kier alpha value is -0.890. The summed E-state index contributed by atoms with van der Waals surface area (Å²) in [7, 11) is 0. The zero-order valence-electron chi connectivity index (χ0n) is 7.83. The van der Waals surface area contributed by atoms with E-state index in [9.17, 15) is 0 Å². The van der Waals surface area contributed by atoms with Crippen molar-refractivity contribution in [2.75, 3.05) is 6.61 Å². The lowest BCUT2D eigenvalue weighted by atomic mass is 10.2. The van der Waals surface area contributed by atoms with E-state index < -0.39 is 0 Å². The molecule has 0 aliphatic heterocycles. The van der Waals surface area contributed by atoms with Crippen LogP contribution < -0.4 is 0 Å². The Morgan fingerprint density at radius 3 is 2.33 bits per heavy atom. The Labute approximate surface area is 74.3 Å². The van der Waals surface area contributed by atoms with Gasteiger partial charge in [0.15, 0.2) is 0 Å². The van der Waals surface area contributed by atoms with Gasteiger partial charge in [0.1, 0.15) is 0 Å². The molecule has 1 aromatic rings. The maximum atomic E-state index is 7.88. The molecule has 12 heavy (non-hydrogen) atoms. The number of aliphatic hydroxyl groups is 1. The fourth-order valence-corrected chi connectivity index (χ4v) is 0.607. The van der Waals surface area contributed by atoms with Gasteiger partial charge in [-0.15, -0.1) is 0 Å². The first-order valence-corrected chi connectivity index (χ1v) is 4.34.